The van der Waals surface area contributed by atoms with E-state index in [0.29, 0.717) is 32.6 Å². The zero-order chi connectivity index (χ0) is 19.1. The summed E-state index contributed by atoms with van der Waals surface area (Å²) in [6.07, 6.45) is 4.93. The molecule has 3 aromatic rings. The molecule has 3 rings (SSSR count). The summed E-state index contributed by atoms with van der Waals surface area (Å²) in [5.41, 5.74) is 2.68. The standard InChI is InChI=1S/C21H25N3O3/c1-3-26-18-9-7-16(8-10-18)14-20(25)22-12-11-17-15-24-13-5-6-19(27-4-2)21(24)23-17/h5-10,13,15H,3-4,11-12,14H2,1-2H3,(H,22,25). The fourth-order valence-electron chi connectivity index (χ4n) is 2.87. The molecule has 0 spiro atoms. The number of hydrogen-bond donors (Lipinski definition) is 1. The van der Waals surface area contributed by atoms with Gasteiger partial charge >= 0.3 is 0 Å². The molecule has 2 heterocycles. The number of ether oxygens (including phenoxy) is 2. The van der Waals surface area contributed by atoms with Gasteiger partial charge in [0, 0.05) is 25.4 Å². The lowest BCUT2D eigenvalue weighted by Crippen LogP contribution is -2.27. The first-order valence-electron chi connectivity index (χ1n) is 9.27. The molecule has 27 heavy (non-hydrogen) atoms. The van der Waals surface area contributed by atoms with Crippen LogP contribution >= 0.6 is 0 Å². The van der Waals surface area contributed by atoms with Crippen LogP contribution in [0, 0.1) is 0 Å². The van der Waals surface area contributed by atoms with Crippen molar-refractivity contribution in [3.05, 3.63) is 60.0 Å². The summed E-state index contributed by atoms with van der Waals surface area (Å²) in [6, 6.07) is 11.5. The summed E-state index contributed by atoms with van der Waals surface area (Å²) < 4.78 is 13.0. The van der Waals surface area contributed by atoms with Crippen molar-refractivity contribution in [1.29, 1.82) is 0 Å². The molecule has 0 atom stereocenters. The third-order valence-electron chi connectivity index (χ3n) is 4.10. The van der Waals surface area contributed by atoms with E-state index in [1.54, 1.807) is 0 Å². The van der Waals surface area contributed by atoms with Gasteiger partial charge in [0.2, 0.25) is 5.91 Å². The van der Waals surface area contributed by atoms with Crippen molar-refractivity contribution in [3.8, 4) is 11.5 Å². The van der Waals surface area contributed by atoms with Gasteiger partial charge in [0.15, 0.2) is 11.4 Å². The Bertz CT molecular complexity index is 887. The third kappa shape index (κ3) is 5.00. The number of carbonyl (C=O) groups excluding carboxylic acids is 1. The Kier molecular flexibility index (Phi) is 6.30. The number of nitrogens with one attached hydrogen (secondary N) is 1. The van der Waals surface area contributed by atoms with Gasteiger partial charge < -0.3 is 19.2 Å². The van der Waals surface area contributed by atoms with E-state index in [1.807, 2.05) is 67.0 Å². The molecule has 0 unspecified atom stereocenters. The van der Waals surface area contributed by atoms with E-state index in [4.69, 9.17) is 9.47 Å². The van der Waals surface area contributed by atoms with Crippen LogP contribution in [0.15, 0.2) is 48.8 Å². The van der Waals surface area contributed by atoms with Crippen LogP contribution in [-0.4, -0.2) is 35.1 Å². The molecule has 0 saturated carbocycles. The predicted octanol–water partition coefficient (Wildman–Crippen LogP) is 3.03. The first-order chi connectivity index (χ1) is 13.2. The van der Waals surface area contributed by atoms with E-state index < -0.39 is 0 Å². The lowest BCUT2D eigenvalue weighted by atomic mass is 10.1. The van der Waals surface area contributed by atoms with Gasteiger partial charge in [0.05, 0.1) is 25.3 Å². The van der Waals surface area contributed by atoms with Crippen LogP contribution in [0.1, 0.15) is 25.1 Å². The minimum atomic E-state index is -0.00192. The van der Waals surface area contributed by atoms with Crippen molar-refractivity contribution >= 4 is 11.6 Å². The predicted molar refractivity (Wildman–Crippen MR) is 104 cm³/mol. The molecule has 0 aliphatic rings. The second-order valence-electron chi connectivity index (χ2n) is 6.12. The average molecular weight is 367 g/mol. The first-order valence-corrected chi connectivity index (χ1v) is 9.27. The lowest BCUT2D eigenvalue weighted by Gasteiger charge is -2.06. The Morgan fingerprint density at radius 1 is 1.11 bits per heavy atom. The fourth-order valence-corrected chi connectivity index (χ4v) is 2.87. The van der Waals surface area contributed by atoms with E-state index in [2.05, 4.69) is 10.3 Å². The van der Waals surface area contributed by atoms with Crippen molar-refractivity contribution in [2.75, 3.05) is 19.8 Å². The van der Waals surface area contributed by atoms with Gasteiger partial charge in [0.1, 0.15) is 5.75 Å². The molecule has 6 heteroatoms. The van der Waals surface area contributed by atoms with Crippen LogP contribution in [0.2, 0.25) is 0 Å². The summed E-state index contributed by atoms with van der Waals surface area (Å²) in [5, 5.41) is 2.95. The number of hydrogen-bond acceptors (Lipinski definition) is 4. The third-order valence-corrected chi connectivity index (χ3v) is 4.10. The smallest absolute Gasteiger partial charge is 0.224 e. The summed E-state index contributed by atoms with van der Waals surface area (Å²) in [4.78, 5) is 16.7. The maximum atomic E-state index is 12.1. The zero-order valence-electron chi connectivity index (χ0n) is 15.8. The minimum Gasteiger partial charge on any atom is -0.494 e. The van der Waals surface area contributed by atoms with Gasteiger partial charge in [-0.15, -0.1) is 0 Å². The summed E-state index contributed by atoms with van der Waals surface area (Å²) in [6.45, 7) is 5.68. The molecule has 0 saturated heterocycles. The molecule has 0 radical (unpaired) electrons. The Morgan fingerprint density at radius 3 is 2.63 bits per heavy atom. The zero-order valence-corrected chi connectivity index (χ0v) is 15.8. The fraction of sp³-hybridized carbons (Fsp3) is 0.333. The Hall–Kier alpha value is -3.02. The lowest BCUT2D eigenvalue weighted by molar-refractivity contribution is -0.120. The van der Waals surface area contributed by atoms with Gasteiger partial charge in [-0.05, 0) is 43.7 Å². The highest BCUT2D eigenvalue weighted by atomic mass is 16.5. The van der Waals surface area contributed by atoms with Gasteiger partial charge in [-0.25, -0.2) is 4.98 Å². The number of aromatic nitrogens is 2. The molecule has 0 fully saturated rings. The Labute approximate surface area is 159 Å². The van der Waals surface area contributed by atoms with Crippen LogP contribution in [0.25, 0.3) is 5.65 Å². The SMILES string of the molecule is CCOc1ccc(CC(=O)NCCc2cn3cccc(OCC)c3n2)cc1. The van der Waals surface area contributed by atoms with E-state index in [1.165, 1.54) is 0 Å². The number of nitrogens with zero attached hydrogens (tertiary/aromatic N) is 2. The van der Waals surface area contributed by atoms with E-state index in [0.717, 1.165) is 28.4 Å². The van der Waals surface area contributed by atoms with Crippen molar-refractivity contribution < 1.29 is 14.3 Å². The number of pyridine rings is 1. The average Bonchev–Trinajstić information content (AvgIpc) is 3.08. The number of fused-ring (bicyclic) bond motifs is 1. The molecule has 0 bridgehead atoms. The molecule has 2 aromatic heterocycles. The normalized spacial score (nSPS) is 10.7. The maximum absolute atomic E-state index is 12.1. The highest BCUT2D eigenvalue weighted by Gasteiger charge is 2.08. The quantitative estimate of drug-likeness (QED) is 0.631. The van der Waals surface area contributed by atoms with Crippen LogP contribution in [0.4, 0.5) is 0 Å². The number of rotatable bonds is 9. The van der Waals surface area contributed by atoms with Gasteiger partial charge in [-0.3, -0.25) is 4.79 Å². The van der Waals surface area contributed by atoms with Crippen molar-refractivity contribution in [1.82, 2.24) is 14.7 Å². The molecular formula is C21H25N3O3. The molecule has 1 N–H and O–H groups in total. The molecule has 1 aromatic carbocycles. The molecular weight excluding hydrogens is 342 g/mol. The van der Waals surface area contributed by atoms with Crippen LogP contribution in [-0.2, 0) is 17.6 Å². The van der Waals surface area contributed by atoms with Crippen molar-refractivity contribution in [2.45, 2.75) is 26.7 Å². The van der Waals surface area contributed by atoms with E-state index in [9.17, 15) is 4.79 Å². The van der Waals surface area contributed by atoms with E-state index in [-0.39, 0.29) is 5.91 Å². The summed E-state index contributed by atoms with van der Waals surface area (Å²) >= 11 is 0. The van der Waals surface area contributed by atoms with E-state index >= 15 is 0 Å². The number of carbonyl (C=O) groups is 1. The topological polar surface area (TPSA) is 64.9 Å². The Balaban J connectivity index is 1.51. The summed E-state index contributed by atoms with van der Waals surface area (Å²) in [5.74, 6) is 1.59. The molecule has 142 valence electrons. The van der Waals surface area contributed by atoms with Gasteiger partial charge in [-0.2, -0.15) is 0 Å². The van der Waals surface area contributed by atoms with Crippen molar-refractivity contribution in [2.24, 2.45) is 0 Å². The van der Waals surface area contributed by atoms with Gasteiger partial charge in [0.25, 0.3) is 0 Å². The maximum Gasteiger partial charge on any atom is 0.224 e. The number of amides is 1. The second-order valence-corrected chi connectivity index (χ2v) is 6.12. The van der Waals surface area contributed by atoms with Gasteiger partial charge in [-0.1, -0.05) is 12.1 Å². The van der Waals surface area contributed by atoms with Crippen molar-refractivity contribution in [3.63, 3.8) is 0 Å². The largest absolute Gasteiger partial charge is 0.494 e. The molecule has 0 aliphatic heterocycles. The first kappa shape index (κ1) is 18.8. The van der Waals surface area contributed by atoms with Crippen LogP contribution in [0.3, 0.4) is 0 Å². The Morgan fingerprint density at radius 2 is 1.89 bits per heavy atom. The van der Waals surface area contributed by atoms with Crippen LogP contribution < -0.4 is 14.8 Å². The molecule has 1 amide bonds. The molecule has 6 nitrogen and oxygen atoms in total. The molecule has 0 aliphatic carbocycles. The minimum absolute atomic E-state index is 0.00192. The van der Waals surface area contributed by atoms with Crippen LogP contribution in [0.5, 0.6) is 11.5 Å². The number of imidazole rings is 1. The summed E-state index contributed by atoms with van der Waals surface area (Å²) in [7, 11) is 0. The number of benzene rings is 1. The second kappa shape index (κ2) is 9.07. The highest BCUT2D eigenvalue weighted by Crippen LogP contribution is 2.19. The monoisotopic (exact) mass is 367 g/mol. The highest BCUT2D eigenvalue weighted by molar-refractivity contribution is 5.78.